The number of rotatable bonds is 12. The molecule has 1 heterocycles. The van der Waals surface area contributed by atoms with Gasteiger partial charge in [0.05, 0.1) is 18.8 Å². The summed E-state index contributed by atoms with van der Waals surface area (Å²) < 4.78 is 5.70. The van der Waals surface area contributed by atoms with Gasteiger partial charge in [-0.2, -0.15) is 0 Å². The number of hydrogen-bond donors (Lipinski definition) is 2. The molecule has 3 aliphatic rings. The van der Waals surface area contributed by atoms with E-state index in [1.54, 1.807) is 0 Å². The second-order valence-corrected chi connectivity index (χ2v) is 10.4. The summed E-state index contributed by atoms with van der Waals surface area (Å²) in [6, 6.07) is 0. The number of aliphatic hydroxyl groups is 2. The van der Waals surface area contributed by atoms with Gasteiger partial charge in [-0.25, -0.2) is 0 Å². The summed E-state index contributed by atoms with van der Waals surface area (Å²) >= 11 is 0. The maximum Gasteiger partial charge on any atom is 0.248 e. The maximum atomic E-state index is 12.2. The third kappa shape index (κ3) is 7.43. The Bertz CT molecular complexity index is 640. The molecule has 5 heteroatoms. The standard InChI is InChI=1S/C27H45NO4/c1-3-4-8-20(2)15-23(29)9-10-24-25-17-21(16-22(25)18-26(24)30)11-14-32-19-27(31)28-12-6-5-7-13-28/h9-10,16,20,22-26,29-30H,3-8,11-15,17-19H2,1-2H3/b10-9+/t20-,22-,23+,24+,25-,26+/m0/s1. The third-order valence-electron chi connectivity index (χ3n) is 7.70. The minimum absolute atomic E-state index is 0.121. The van der Waals surface area contributed by atoms with E-state index in [-0.39, 0.29) is 24.5 Å². The Balaban J connectivity index is 1.38. The minimum atomic E-state index is -0.423. The van der Waals surface area contributed by atoms with Crippen molar-refractivity contribution in [2.24, 2.45) is 23.7 Å². The van der Waals surface area contributed by atoms with Gasteiger partial charge in [0, 0.05) is 19.0 Å². The monoisotopic (exact) mass is 447 g/mol. The van der Waals surface area contributed by atoms with Crippen LogP contribution in [0, 0.1) is 23.7 Å². The van der Waals surface area contributed by atoms with Gasteiger partial charge in [-0.15, -0.1) is 0 Å². The van der Waals surface area contributed by atoms with Crippen molar-refractivity contribution < 1.29 is 19.7 Å². The molecular formula is C27H45NO4. The summed E-state index contributed by atoms with van der Waals surface area (Å²) in [6.45, 7) is 6.94. The third-order valence-corrected chi connectivity index (χ3v) is 7.70. The van der Waals surface area contributed by atoms with Crippen LogP contribution in [0.2, 0.25) is 0 Å². The number of likely N-dealkylation sites (tertiary alicyclic amines) is 1. The number of carbonyl (C=O) groups is 1. The Labute approximate surface area is 194 Å². The van der Waals surface area contributed by atoms with Gasteiger partial charge in [0.15, 0.2) is 0 Å². The SMILES string of the molecule is CCCC[C@H](C)C[C@H](O)/C=C/[C@@H]1[C@H]2CC(CCOCC(=O)N3CCCCC3)=C[C@H]2C[C@H]1O. The highest BCUT2D eigenvalue weighted by atomic mass is 16.5. The molecule has 0 aromatic heterocycles. The van der Waals surface area contributed by atoms with E-state index in [9.17, 15) is 15.0 Å². The van der Waals surface area contributed by atoms with Gasteiger partial charge in [0.1, 0.15) is 6.61 Å². The highest BCUT2D eigenvalue weighted by molar-refractivity contribution is 5.77. The lowest BCUT2D eigenvalue weighted by atomic mass is 9.88. The summed E-state index contributed by atoms with van der Waals surface area (Å²) in [5, 5.41) is 21.0. The summed E-state index contributed by atoms with van der Waals surface area (Å²) in [6.07, 6.45) is 16.1. The Morgan fingerprint density at radius 3 is 2.84 bits per heavy atom. The number of ether oxygens (including phenoxy) is 1. The van der Waals surface area contributed by atoms with Crippen molar-refractivity contribution in [2.75, 3.05) is 26.3 Å². The predicted molar refractivity (Wildman–Crippen MR) is 128 cm³/mol. The van der Waals surface area contributed by atoms with E-state index in [0.717, 1.165) is 58.0 Å². The van der Waals surface area contributed by atoms with Crippen LogP contribution in [0.1, 0.15) is 78.1 Å². The molecule has 0 radical (unpaired) electrons. The lowest BCUT2D eigenvalue weighted by molar-refractivity contribution is -0.137. The molecule has 6 atom stereocenters. The topological polar surface area (TPSA) is 70.0 Å². The van der Waals surface area contributed by atoms with Crippen LogP contribution in [-0.4, -0.2) is 59.5 Å². The molecule has 1 aliphatic heterocycles. The quantitative estimate of drug-likeness (QED) is 0.342. The van der Waals surface area contributed by atoms with Gasteiger partial charge in [0.2, 0.25) is 5.91 Å². The number of piperidine rings is 1. The van der Waals surface area contributed by atoms with Crippen LogP contribution in [0.25, 0.3) is 0 Å². The van der Waals surface area contributed by atoms with E-state index in [1.165, 1.54) is 24.8 Å². The Morgan fingerprint density at radius 2 is 2.09 bits per heavy atom. The van der Waals surface area contributed by atoms with Gasteiger partial charge in [-0.3, -0.25) is 4.79 Å². The molecule has 1 amide bonds. The molecule has 0 spiro atoms. The number of hydrogen-bond acceptors (Lipinski definition) is 4. The van der Waals surface area contributed by atoms with E-state index in [0.29, 0.717) is 24.4 Å². The first kappa shape index (κ1) is 25.5. The number of allylic oxidation sites excluding steroid dienone is 1. The van der Waals surface area contributed by atoms with Crippen LogP contribution in [0.4, 0.5) is 0 Å². The van der Waals surface area contributed by atoms with Crippen LogP contribution in [0.3, 0.4) is 0 Å². The van der Waals surface area contributed by atoms with Crippen molar-refractivity contribution in [1.82, 2.24) is 4.90 Å². The molecular weight excluding hydrogens is 402 g/mol. The fraction of sp³-hybridized carbons (Fsp3) is 0.815. The van der Waals surface area contributed by atoms with E-state index in [2.05, 4.69) is 26.0 Å². The number of carbonyl (C=O) groups excluding carboxylic acids is 1. The summed E-state index contributed by atoms with van der Waals surface area (Å²) in [7, 11) is 0. The first-order valence-electron chi connectivity index (χ1n) is 13.1. The van der Waals surface area contributed by atoms with Crippen molar-refractivity contribution in [3.8, 4) is 0 Å². The molecule has 5 nitrogen and oxygen atoms in total. The Morgan fingerprint density at radius 1 is 1.31 bits per heavy atom. The van der Waals surface area contributed by atoms with Crippen LogP contribution in [0.5, 0.6) is 0 Å². The average molecular weight is 448 g/mol. The Kier molecular flexibility index (Phi) is 10.3. The molecule has 0 bridgehead atoms. The molecule has 2 fully saturated rings. The van der Waals surface area contributed by atoms with E-state index >= 15 is 0 Å². The van der Waals surface area contributed by atoms with Gasteiger partial charge in [-0.05, 0) is 62.7 Å². The number of fused-ring (bicyclic) bond motifs is 1. The lowest BCUT2D eigenvalue weighted by Crippen LogP contribution is -2.38. The van der Waals surface area contributed by atoms with Gasteiger partial charge in [0.25, 0.3) is 0 Å². The predicted octanol–water partition coefficient (Wildman–Crippen LogP) is 4.48. The van der Waals surface area contributed by atoms with Crippen molar-refractivity contribution in [3.05, 3.63) is 23.8 Å². The van der Waals surface area contributed by atoms with E-state index in [4.69, 9.17) is 4.74 Å². The molecule has 32 heavy (non-hydrogen) atoms. The van der Waals surface area contributed by atoms with Crippen LogP contribution >= 0.6 is 0 Å². The molecule has 0 aromatic rings. The first-order valence-corrected chi connectivity index (χ1v) is 13.1. The molecule has 0 aromatic carbocycles. The number of nitrogens with zero attached hydrogens (tertiary/aromatic N) is 1. The molecule has 1 saturated heterocycles. The van der Waals surface area contributed by atoms with Crippen molar-refractivity contribution in [1.29, 1.82) is 0 Å². The molecule has 3 rings (SSSR count). The smallest absolute Gasteiger partial charge is 0.248 e. The maximum absolute atomic E-state index is 12.2. The zero-order valence-corrected chi connectivity index (χ0v) is 20.3. The largest absolute Gasteiger partial charge is 0.392 e. The zero-order chi connectivity index (χ0) is 22.9. The van der Waals surface area contributed by atoms with Crippen molar-refractivity contribution >= 4 is 5.91 Å². The van der Waals surface area contributed by atoms with Crippen LogP contribution in [0.15, 0.2) is 23.8 Å². The van der Waals surface area contributed by atoms with Gasteiger partial charge < -0.3 is 19.8 Å². The number of amides is 1. The molecule has 2 aliphatic carbocycles. The number of unbranched alkanes of at least 4 members (excludes halogenated alkanes) is 1. The van der Waals surface area contributed by atoms with Gasteiger partial charge in [-0.1, -0.05) is 56.9 Å². The lowest BCUT2D eigenvalue weighted by Gasteiger charge is -2.26. The normalized spacial score (nSPS) is 29.9. The summed E-state index contributed by atoms with van der Waals surface area (Å²) in [5.74, 6) is 1.62. The fourth-order valence-corrected chi connectivity index (χ4v) is 5.81. The zero-order valence-electron chi connectivity index (χ0n) is 20.3. The van der Waals surface area contributed by atoms with E-state index < -0.39 is 6.10 Å². The van der Waals surface area contributed by atoms with Gasteiger partial charge >= 0.3 is 0 Å². The molecule has 0 unspecified atom stereocenters. The number of aliphatic hydroxyl groups excluding tert-OH is 2. The Hall–Kier alpha value is -1.17. The van der Waals surface area contributed by atoms with Crippen LogP contribution in [-0.2, 0) is 9.53 Å². The van der Waals surface area contributed by atoms with E-state index in [1.807, 2.05) is 11.0 Å². The summed E-state index contributed by atoms with van der Waals surface area (Å²) in [4.78, 5) is 14.1. The second kappa shape index (κ2) is 12.9. The average Bonchev–Trinajstić information content (AvgIpc) is 3.30. The first-order chi connectivity index (χ1) is 15.5. The molecule has 1 saturated carbocycles. The summed E-state index contributed by atoms with van der Waals surface area (Å²) in [5.41, 5.74) is 1.39. The van der Waals surface area contributed by atoms with Crippen molar-refractivity contribution in [2.45, 2.75) is 90.3 Å². The minimum Gasteiger partial charge on any atom is -0.392 e. The highest BCUT2D eigenvalue weighted by Gasteiger charge is 2.43. The molecule has 182 valence electrons. The molecule has 2 N–H and O–H groups in total. The fourth-order valence-electron chi connectivity index (χ4n) is 5.81. The van der Waals surface area contributed by atoms with Crippen LogP contribution < -0.4 is 0 Å². The highest BCUT2D eigenvalue weighted by Crippen LogP contribution is 2.48. The second-order valence-electron chi connectivity index (χ2n) is 10.4. The van der Waals surface area contributed by atoms with Crippen molar-refractivity contribution in [3.63, 3.8) is 0 Å².